The molecule has 1 unspecified atom stereocenters. The number of pyridine rings is 1. The molecule has 1 aliphatic heterocycles. The van der Waals surface area contributed by atoms with Crippen LogP contribution in [0.4, 0.5) is 0 Å². The van der Waals surface area contributed by atoms with Gasteiger partial charge in [-0.05, 0) is 30.8 Å². The maximum atomic E-state index is 13.1. The van der Waals surface area contributed by atoms with Crippen LogP contribution < -0.4 is 5.32 Å². The summed E-state index contributed by atoms with van der Waals surface area (Å²) in [6, 6.07) is 7.88. The predicted octanol–water partition coefficient (Wildman–Crippen LogP) is 3.20. The van der Waals surface area contributed by atoms with Crippen LogP contribution in [0.1, 0.15) is 36.5 Å². The Labute approximate surface area is 119 Å². The molecule has 1 atom stereocenters. The summed E-state index contributed by atoms with van der Waals surface area (Å²) in [6.07, 6.45) is 6.53. The summed E-state index contributed by atoms with van der Waals surface area (Å²) >= 11 is 0. The summed E-state index contributed by atoms with van der Waals surface area (Å²) in [4.78, 5) is 17.3. The van der Waals surface area contributed by atoms with E-state index >= 15 is 0 Å². The number of hydrogen-bond donors (Lipinski definition) is 1. The van der Waals surface area contributed by atoms with E-state index in [0.29, 0.717) is 5.78 Å². The number of hydrogen-bond acceptors (Lipinski definition) is 3. The fraction of sp³-hybridized carbons (Fsp3) is 0.412. The summed E-state index contributed by atoms with van der Waals surface area (Å²) in [6.45, 7) is 3.90. The van der Waals surface area contributed by atoms with Gasteiger partial charge in [0.1, 0.15) is 0 Å². The van der Waals surface area contributed by atoms with Crippen LogP contribution in [0.25, 0.3) is 10.8 Å². The first-order valence-corrected chi connectivity index (χ1v) is 7.35. The summed E-state index contributed by atoms with van der Waals surface area (Å²) < 4.78 is 0. The third-order valence-corrected chi connectivity index (χ3v) is 4.38. The Morgan fingerprint density at radius 1 is 1.40 bits per heavy atom. The Morgan fingerprint density at radius 3 is 3.05 bits per heavy atom. The van der Waals surface area contributed by atoms with Gasteiger partial charge < -0.3 is 5.32 Å². The van der Waals surface area contributed by atoms with Crippen molar-refractivity contribution in [1.82, 2.24) is 10.3 Å². The largest absolute Gasteiger partial charge is 0.316 e. The third kappa shape index (κ3) is 2.12. The molecule has 0 bridgehead atoms. The minimum Gasteiger partial charge on any atom is -0.316 e. The van der Waals surface area contributed by atoms with Crippen molar-refractivity contribution in [2.75, 3.05) is 13.1 Å². The van der Waals surface area contributed by atoms with Crippen LogP contribution in [0.2, 0.25) is 0 Å². The van der Waals surface area contributed by atoms with Crippen LogP contribution in [0.15, 0.2) is 36.7 Å². The molecule has 2 heterocycles. The molecule has 1 aliphatic rings. The number of aromatic nitrogens is 1. The summed E-state index contributed by atoms with van der Waals surface area (Å²) in [5.74, 6) is 0.293. The fourth-order valence-electron chi connectivity index (χ4n) is 3.35. The average Bonchev–Trinajstić information content (AvgIpc) is 2.96. The molecule has 0 radical (unpaired) electrons. The first-order valence-electron chi connectivity index (χ1n) is 7.35. The molecule has 2 aromatic rings. The molecule has 3 heteroatoms. The van der Waals surface area contributed by atoms with Gasteiger partial charge in [0.15, 0.2) is 5.78 Å². The minimum absolute atomic E-state index is 0.216. The lowest BCUT2D eigenvalue weighted by molar-refractivity contribution is 0.0803. The molecule has 0 amide bonds. The van der Waals surface area contributed by atoms with Gasteiger partial charge in [-0.3, -0.25) is 9.78 Å². The highest BCUT2D eigenvalue weighted by molar-refractivity contribution is 6.10. The van der Waals surface area contributed by atoms with Gasteiger partial charge in [-0.25, -0.2) is 0 Å². The van der Waals surface area contributed by atoms with Crippen molar-refractivity contribution >= 4 is 16.6 Å². The van der Waals surface area contributed by atoms with Gasteiger partial charge in [-0.1, -0.05) is 31.5 Å². The molecular formula is C17H20N2O. The molecular weight excluding hydrogens is 248 g/mol. The maximum absolute atomic E-state index is 13.1. The lowest BCUT2D eigenvalue weighted by atomic mass is 9.75. The highest BCUT2D eigenvalue weighted by Gasteiger charge is 2.40. The number of carbonyl (C=O) groups excluding carboxylic acids is 1. The standard InChI is InChI=1S/C17H20N2O/c1-2-7-17(8-10-19-12-17)16(20)15-5-3-4-13-11-18-9-6-14(13)15/h3-6,9,11,19H,2,7-8,10,12H2,1H3. The number of carbonyl (C=O) groups is 1. The molecule has 3 rings (SSSR count). The topological polar surface area (TPSA) is 42.0 Å². The molecule has 1 saturated heterocycles. The molecule has 0 aliphatic carbocycles. The number of nitrogens with one attached hydrogen (secondary N) is 1. The lowest BCUT2D eigenvalue weighted by Gasteiger charge is -2.26. The van der Waals surface area contributed by atoms with Crippen LogP contribution in [-0.2, 0) is 0 Å². The van der Waals surface area contributed by atoms with Gasteiger partial charge in [0.2, 0.25) is 0 Å². The van der Waals surface area contributed by atoms with E-state index in [1.165, 1.54) is 0 Å². The van der Waals surface area contributed by atoms with Crippen molar-refractivity contribution in [3.05, 3.63) is 42.2 Å². The highest BCUT2D eigenvalue weighted by atomic mass is 16.1. The molecule has 1 fully saturated rings. The quantitative estimate of drug-likeness (QED) is 0.866. The first-order chi connectivity index (χ1) is 9.77. The third-order valence-electron chi connectivity index (χ3n) is 4.38. The Kier molecular flexibility index (Phi) is 3.53. The molecule has 104 valence electrons. The monoisotopic (exact) mass is 268 g/mol. The first kappa shape index (κ1) is 13.3. The Balaban J connectivity index is 2.08. The van der Waals surface area contributed by atoms with Crippen LogP contribution in [0, 0.1) is 5.41 Å². The smallest absolute Gasteiger partial charge is 0.170 e. The Morgan fingerprint density at radius 2 is 2.30 bits per heavy atom. The second-order valence-corrected chi connectivity index (χ2v) is 5.69. The number of rotatable bonds is 4. The zero-order valence-corrected chi connectivity index (χ0v) is 11.9. The second-order valence-electron chi connectivity index (χ2n) is 5.69. The zero-order chi connectivity index (χ0) is 14.0. The van der Waals surface area contributed by atoms with Crippen LogP contribution >= 0.6 is 0 Å². The number of fused-ring (bicyclic) bond motifs is 1. The van der Waals surface area contributed by atoms with E-state index in [4.69, 9.17) is 0 Å². The van der Waals surface area contributed by atoms with Crippen molar-refractivity contribution in [2.45, 2.75) is 26.2 Å². The van der Waals surface area contributed by atoms with Crippen LogP contribution in [0.5, 0.6) is 0 Å². The van der Waals surface area contributed by atoms with E-state index in [2.05, 4.69) is 17.2 Å². The van der Waals surface area contributed by atoms with Gasteiger partial charge >= 0.3 is 0 Å². The molecule has 1 aromatic carbocycles. The molecule has 1 N–H and O–H groups in total. The molecule has 0 saturated carbocycles. The predicted molar refractivity (Wildman–Crippen MR) is 80.9 cm³/mol. The molecule has 3 nitrogen and oxygen atoms in total. The minimum atomic E-state index is -0.216. The van der Waals surface area contributed by atoms with E-state index in [-0.39, 0.29) is 5.41 Å². The van der Waals surface area contributed by atoms with E-state index in [1.807, 2.05) is 30.5 Å². The van der Waals surface area contributed by atoms with Gasteiger partial charge in [0.25, 0.3) is 0 Å². The van der Waals surface area contributed by atoms with E-state index in [9.17, 15) is 4.79 Å². The van der Waals surface area contributed by atoms with E-state index < -0.39 is 0 Å². The van der Waals surface area contributed by atoms with E-state index in [0.717, 1.165) is 48.7 Å². The fourth-order valence-corrected chi connectivity index (χ4v) is 3.35. The summed E-state index contributed by atoms with van der Waals surface area (Å²) in [7, 11) is 0. The van der Waals surface area contributed by atoms with Crippen molar-refractivity contribution in [1.29, 1.82) is 0 Å². The van der Waals surface area contributed by atoms with Crippen molar-refractivity contribution in [2.24, 2.45) is 5.41 Å². The molecule has 0 spiro atoms. The SMILES string of the molecule is CCCC1(C(=O)c2cccc3cnccc23)CCNC1. The van der Waals surface area contributed by atoms with Gasteiger partial charge in [0, 0.05) is 35.3 Å². The Hall–Kier alpha value is -1.74. The number of benzene rings is 1. The second kappa shape index (κ2) is 5.33. The summed E-state index contributed by atoms with van der Waals surface area (Å²) in [5, 5.41) is 5.42. The lowest BCUT2D eigenvalue weighted by Crippen LogP contribution is -2.33. The van der Waals surface area contributed by atoms with Crippen molar-refractivity contribution < 1.29 is 4.79 Å². The average molecular weight is 268 g/mol. The van der Waals surface area contributed by atoms with Crippen molar-refractivity contribution in [3.63, 3.8) is 0 Å². The number of Topliss-reactive ketones (excluding diaryl/α,β-unsaturated/α-hetero) is 1. The van der Waals surface area contributed by atoms with Gasteiger partial charge in [-0.2, -0.15) is 0 Å². The van der Waals surface area contributed by atoms with Crippen LogP contribution in [-0.4, -0.2) is 23.9 Å². The highest BCUT2D eigenvalue weighted by Crippen LogP contribution is 2.36. The van der Waals surface area contributed by atoms with E-state index in [1.54, 1.807) is 6.20 Å². The van der Waals surface area contributed by atoms with Gasteiger partial charge in [0.05, 0.1) is 0 Å². The number of nitrogens with zero attached hydrogens (tertiary/aromatic N) is 1. The van der Waals surface area contributed by atoms with Crippen molar-refractivity contribution in [3.8, 4) is 0 Å². The Bertz CT molecular complexity index is 624. The zero-order valence-electron chi connectivity index (χ0n) is 11.9. The maximum Gasteiger partial charge on any atom is 0.170 e. The molecule has 1 aromatic heterocycles. The normalized spacial score (nSPS) is 22.2. The number of ketones is 1. The molecule has 20 heavy (non-hydrogen) atoms. The van der Waals surface area contributed by atoms with Crippen LogP contribution in [0.3, 0.4) is 0 Å². The summed E-state index contributed by atoms with van der Waals surface area (Å²) in [5.41, 5.74) is 0.633. The van der Waals surface area contributed by atoms with Gasteiger partial charge in [-0.15, -0.1) is 0 Å².